The van der Waals surface area contributed by atoms with Crippen molar-refractivity contribution in [2.24, 2.45) is 5.92 Å². The second-order valence-electron chi connectivity index (χ2n) is 7.07. The molecule has 1 heterocycles. The molecule has 3 rings (SSSR count). The van der Waals surface area contributed by atoms with Crippen LogP contribution in [0.4, 0.5) is 0 Å². The van der Waals surface area contributed by atoms with E-state index in [9.17, 15) is 14.4 Å². The molecule has 0 unspecified atom stereocenters. The van der Waals surface area contributed by atoms with Gasteiger partial charge in [0.15, 0.2) is 0 Å². The van der Waals surface area contributed by atoms with E-state index in [2.05, 4.69) is 6.92 Å². The lowest BCUT2D eigenvalue weighted by molar-refractivity contribution is 0.0652. The van der Waals surface area contributed by atoms with Gasteiger partial charge in [0.25, 0.3) is 17.7 Å². The lowest BCUT2D eigenvalue weighted by Gasteiger charge is -2.22. The van der Waals surface area contributed by atoms with E-state index >= 15 is 0 Å². The maximum Gasteiger partial charge on any atom is 0.261 e. The van der Waals surface area contributed by atoms with Crippen LogP contribution in [0.15, 0.2) is 18.2 Å². The summed E-state index contributed by atoms with van der Waals surface area (Å²) in [6, 6.07) is 4.93. The molecule has 1 saturated carbocycles. The molecule has 0 aromatic heterocycles. The van der Waals surface area contributed by atoms with Gasteiger partial charge >= 0.3 is 0 Å². The van der Waals surface area contributed by atoms with Crippen molar-refractivity contribution in [2.75, 3.05) is 19.6 Å². The highest BCUT2D eigenvalue weighted by atomic mass is 16.2. The van der Waals surface area contributed by atoms with Crippen LogP contribution in [0, 0.1) is 5.92 Å². The normalized spacial score (nSPS) is 16.3. The molecule has 1 aromatic rings. The van der Waals surface area contributed by atoms with Crippen LogP contribution >= 0.6 is 0 Å². The summed E-state index contributed by atoms with van der Waals surface area (Å²) in [7, 11) is 0. The molecule has 5 nitrogen and oxygen atoms in total. The van der Waals surface area contributed by atoms with E-state index in [1.807, 2.05) is 11.8 Å². The average molecular weight is 342 g/mol. The summed E-state index contributed by atoms with van der Waals surface area (Å²) in [6.45, 7) is 6.04. The number of hydrogen-bond donors (Lipinski definition) is 0. The second-order valence-corrected chi connectivity index (χ2v) is 7.07. The molecule has 134 valence electrons. The fourth-order valence-electron chi connectivity index (χ4n) is 3.28. The molecule has 25 heavy (non-hydrogen) atoms. The van der Waals surface area contributed by atoms with Crippen molar-refractivity contribution in [3.05, 3.63) is 34.9 Å². The lowest BCUT2D eigenvalue weighted by Crippen LogP contribution is -2.33. The van der Waals surface area contributed by atoms with E-state index in [4.69, 9.17) is 0 Å². The monoisotopic (exact) mass is 342 g/mol. The molecule has 1 aliphatic heterocycles. The Morgan fingerprint density at radius 3 is 2.48 bits per heavy atom. The molecule has 0 radical (unpaired) electrons. The number of amides is 3. The number of rotatable bonds is 8. The Bertz CT molecular complexity index is 694. The Morgan fingerprint density at radius 2 is 1.84 bits per heavy atom. The van der Waals surface area contributed by atoms with Gasteiger partial charge in [-0.2, -0.15) is 0 Å². The summed E-state index contributed by atoms with van der Waals surface area (Å²) < 4.78 is 0. The summed E-state index contributed by atoms with van der Waals surface area (Å²) in [4.78, 5) is 41.0. The lowest BCUT2D eigenvalue weighted by atomic mass is 10.0. The quantitative estimate of drug-likeness (QED) is 0.681. The van der Waals surface area contributed by atoms with Crippen molar-refractivity contribution in [3.63, 3.8) is 0 Å². The molecule has 2 aliphatic rings. The molecule has 3 amide bonds. The van der Waals surface area contributed by atoms with Crippen LogP contribution in [0.5, 0.6) is 0 Å². The molecule has 1 fully saturated rings. The first kappa shape index (κ1) is 17.6. The highest BCUT2D eigenvalue weighted by molar-refractivity contribution is 6.22. The molecule has 1 aromatic carbocycles. The zero-order chi connectivity index (χ0) is 18.0. The third-order valence-corrected chi connectivity index (χ3v) is 4.91. The van der Waals surface area contributed by atoms with Crippen molar-refractivity contribution in [2.45, 2.75) is 46.0 Å². The number of imide groups is 1. The van der Waals surface area contributed by atoms with Gasteiger partial charge in [-0.15, -0.1) is 0 Å². The van der Waals surface area contributed by atoms with E-state index in [-0.39, 0.29) is 17.7 Å². The Hall–Kier alpha value is -2.17. The second kappa shape index (κ2) is 7.38. The van der Waals surface area contributed by atoms with Crippen molar-refractivity contribution >= 4 is 17.7 Å². The number of benzene rings is 1. The van der Waals surface area contributed by atoms with Gasteiger partial charge in [-0.1, -0.05) is 20.3 Å². The van der Waals surface area contributed by atoms with Gasteiger partial charge in [0.05, 0.1) is 11.1 Å². The smallest absolute Gasteiger partial charge is 0.261 e. The average Bonchev–Trinajstić information content (AvgIpc) is 3.40. The summed E-state index contributed by atoms with van der Waals surface area (Å²) in [5.41, 5.74) is 1.29. The molecule has 5 heteroatoms. The molecule has 0 atom stereocenters. The van der Waals surface area contributed by atoms with E-state index in [0.29, 0.717) is 29.2 Å². The summed E-state index contributed by atoms with van der Waals surface area (Å²) in [6.07, 6.45) is 5.01. The summed E-state index contributed by atoms with van der Waals surface area (Å²) in [5, 5.41) is 0. The number of hydrogen-bond acceptors (Lipinski definition) is 3. The van der Waals surface area contributed by atoms with Gasteiger partial charge in [0.1, 0.15) is 0 Å². The first-order valence-corrected chi connectivity index (χ1v) is 9.36. The Kier molecular flexibility index (Phi) is 5.21. The first-order chi connectivity index (χ1) is 12.1. The van der Waals surface area contributed by atoms with Crippen LogP contribution in [0.2, 0.25) is 0 Å². The van der Waals surface area contributed by atoms with Gasteiger partial charge < -0.3 is 4.90 Å². The molecule has 0 saturated heterocycles. The number of nitrogens with zero attached hydrogens (tertiary/aromatic N) is 2. The minimum Gasteiger partial charge on any atom is -0.338 e. The molecule has 0 spiro atoms. The fourth-order valence-corrected chi connectivity index (χ4v) is 3.28. The van der Waals surface area contributed by atoms with Gasteiger partial charge in [0.2, 0.25) is 0 Å². The van der Waals surface area contributed by atoms with Crippen LogP contribution in [-0.2, 0) is 0 Å². The number of carbonyl (C=O) groups is 3. The maximum absolute atomic E-state index is 12.9. The topological polar surface area (TPSA) is 57.7 Å². The number of carbonyl (C=O) groups excluding carboxylic acids is 3. The summed E-state index contributed by atoms with van der Waals surface area (Å²) in [5.74, 6) is 0.0738. The number of fused-ring (bicyclic) bond motifs is 1. The highest BCUT2D eigenvalue weighted by Gasteiger charge is 2.36. The minimum atomic E-state index is -0.271. The molecular weight excluding hydrogens is 316 g/mol. The zero-order valence-electron chi connectivity index (χ0n) is 15.1. The Morgan fingerprint density at radius 1 is 1.12 bits per heavy atom. The highest BCUT2D eigenvalue weighted by Crippen LogP contribution is 2.31. The zero-order valence-corrected chi connectivity index (χ0v) is 15.1. The maximum atomic E-state index is 12.9. The molecular formula is C20H26N2O3. The van der Waals surface area contributed by atoms with Crippen LogP contribution in [0.25, 0.3) is 0 Å². The van der Waals surface area contributed by atoms with E-state index in [1.165, 1.54) is 17.7 Å². The minimum absolute atomic E-state index is 0.0381. The Labute approximate surface area is 149 Å². The molecule has 0 N–H and O–H groups in total. The van der Waals surface area contributed by atoms with E-state index in [1.54, 1.807) is 18.2 Å². The predicted molar refractivity (Wildman–Crippen MR) is 95.6 cm³/mol. The van der Waals surface area contributed by atoms with Gasteiger partial charge in [0, 0.05) is 25.2 Å². The van der Waals surface area contributed by atoms with Crippen LogP contribution in [-0.4, -0.2) is 47.2 Å². The molecule has 0 bridgehead atoms. The SMILES string of the molecule is CCCCN1C(=O)c2ccc(C(=O)N(CCC)CC3CC3)cc2C1=O. The van der Waals surface area contributed by atoms with Gasteiger partial charge in [-0.05, 0) is 49.8 Å². The third kappa shape index (κ3) is 3.60. The van der Waals surface area contributed by atoms with Crippen molar-refractivity contribution < 1.29 is 14.4 Å². The van der Waals surface area contributed by atoms with Crippen LogP contribution < -0.4 is 0 Å². The predicted octanol–water partition coefficient (Wildman–Crippen LogP) is 3.34. The third-order valence-electron chi connectivity index (χ3n) is 4.91. The first-order valence-electron chi connectivity index (χ1n) is 9.36. The van der Waals surface area contributed by atoms with Crippen molar-refractivity contribution in [1.29, 1.82) is 0 Å². The largest absolute Gasteiger partial charge is 0.338 e. The standard InChI is InChI=1S/C20H26N2O3/c1-3-5-11-22-19(24)16-9-8-15(12-17(16)20(22)25)18(23)21(10-4-2)13-14-6-7-14/h8-9,12,14H,3-7,10-11,13H2,1-2H3. The number of unbranched alkanes of at least 4 members (excludes halogenated alkanes) is 1. The van der Waals surface area contributed by atoms with Crippen LogP contribution in [0.1, 0.15) is 77.0 Å². The van der Waals surface area contributed by atoms with Gasteiger partial charge in [-0.3, -0.25) is 19.3 Å². The van der Waals surface area contributed by atoms with Gasteiger partial charge in [-0.25, -0.2) is 0 Å². The van der Waals surface area contributed by atoms with Crippen molar-refractivity contribution in [1.82, 2.24) is 9.80 Å². The molecule has 1 aliphatic carbocycles. The van der Waals surface area contributed by atoms with E-state index in [0.717, 1.165) is 32.4 Å². The van der Waals surface area contributed by atoms with E-state index < -0.39 is 0 Å². The van der Waals surface area contributed by atoms with Crippen LogP contribution in [0.3, 0.4) is 0 Å². The summed E-state index contributed by atoms with van der Waals surface area (Å²) >= 11 is 0. The van der Waals surface area contributed by atoms with Crippen molar-refractivity contribution in [3.8, 4) is 0 Å². The fraction of sp³-hybridized carbons (Fsp3) is 0.550. The Balaban J connectivity index is 1.81.